The highest BCUT2D eigenvalue weighted by atomic mass is 16.5. The Labute approximate surface area is 182 Å². The third-order valence-electron chi connectivity index (χ3n) is 4.82. The maximum atomic E-state index is 6.12. The first-order valence-electron chi connectivity index (χ1n) is 10.3. The lowest BCUT2D eigenvalue weighted by Crippen LogP contribution is -2.29. The van der Waals surface area contributed by atoms with Gasteiger partial charge in [-0.2, -0.15) is 9.78 Å². The summed E-state index contributed by atoms with van der Waals surface area (Å²) in [5.41, 5.74) is 9.58. The fourth-order valence-electron chi connectivity index (χ4n) is 3.42. The van der Waals surface area contributed by atoms with E-state index in [9.17, 15) is 0 Å². The van der Waals surface area contributed by atoms with E-state index in [2.05, 4.69) is 40.9 Å². The molecule has 2 N–H and O–H groups in total. The highest BCUT2D eigenvalue weighted by Gasteiger charge is 2.08. The topological polar surface area (TPSA) is 78.9 Å². The third-order valence-corrected chi connectivity index (χ3v) is 4.82. The molecular formula is C25H25N5O. The number of pyridine rings is 2. The molecule has 4 rings (SSSR count). The van der Waals surface area contributed by atoms with Crippen LogP contribution in [0.3, 0.4) is 0 Å². The van der Waals surface area contributed by atoms with Gasteiger partial charge < -0.3 is 10.5 Å². The molecule has 0 radical (unpaired) electrons. The number of nitrogens with two attached hydrogens (primary N) is 1. The van der Waals surface area contributed by atoms with Gasteiger partial charge in [-0.1, -0.05) is 13.8 Å². The van der Waals surface area contributed by atoms with E-state index in [1.807, 2.05) is 42.5 Å². The van der Waals surface area contributed by atoms with Crippen LogP contribution < -0.4 is 10.5 Å². The van der Waals surface area contributed by atoms with Gasteiger partial charge in [0, 0.05) is 41.6 Å². The van der Waals surface area contributed by atoms with Gasteiger partial charge in [-0.3, -0.25) is 9.97 Å². The van der Waals surface area contributed by atoms with Gasteiger partial charge in [-0.05, 0) is 60.7 Å². The number of hydrogen-bond acceptors (Lipinski definition) is 5. The molecule has 0 amide bonds. The van der Waals surface area contributed by atoms with Gasteiger partial charge >= 0.3 is 0 Å². The molecule has 0 fully saturated rings. The van der Waals surface area contributed by atoms with Gasteiger partial charge in [0.2, 0.25) is 0 Å². The van der Waals surface area contributed by atoms with Crippen LogP contribution in [0.15, 0.2) is 67.3 Å². The van der Waals surface area contributed by atoms with Crippen molar-refractivity contribution in [2.75, 3.05) is 6.61 Å². The van der Waals surface area contributed by atoms with Crippen molar-refractivity contribution in [2.45, 2.75) is 26.3 Å². The van der Waals surface area contributed by atoms with E-state index in [0.29, 0.717) is 12.5 Å². The summed E-state index contributed by atoms with van der Waals surface area (Å²) in [6.45, 7) is 4.81. The third kappa shape index (κ3) is 5.08. The van der Waals surface area contributed by atoms with Crippen LogP contribution in [0.5, 0.6) is 5.75 Å². The second-order valence-electron chi connectivity index (χ2n) is 7.86. The molecule has 0 bridgehead atoms. The van der Waals surface area contributed by atoms with Crippen molar-refractivity contribution in [3.63, 3.8) is 0 Å². The number of nitrogens with zero attached hydrogens (tertiary/aromatic N) is 4. The highest BCUT2D eigenvalue weighted by molar-refractivity contribution is 5.81. The van der Waals surface area contributed by atoms with Crippen molar-refractivity contribution in [3.05, 3.63) is 72.8 Å². The van der Waals surface area contributed by atoms with Gasteiger partial charge in [0.25, 0.3) is 0 Å². The minimum atomic E-state index is 0.0257. The Morgan fingerprint density at radius 1 is 1.10 bits per heavy atom. The number of ether oxygens (including phenoxy) is 1. The summed E-state index contributed by atoms with van der Waals surface area (Å²) in [5.74, 6) is 4.53. The summed E-state index contributed by atoms with van der Waals surface area (Å²) in [5, 5.41) is 5.38. The first kappa shape index (κ1) is 20.6. The normalized spacial score (nSPS) is 11.9. The van der Waals surface area contributed by atoms with Gasteiger partial charge in [-0.25, -0.2) is 0 Å². The summed E-state index contributed by atoms with van der Waals surface area (Å²) in [4.78, 5) is 8.65. The van der Waals surface area contributed by atoms with Crippen molar-refractivity contribution < 1.29 is 4.74 Å². The summed E-state index contributed by atoms with van der Waals surface area (Å²) in [6.07, 6.45) is 8.00. The van der Waals surface area contributed by atoms with Crippen LogP contribution in [0.2, 0.25) is 0 Å². The van der Waals surface area contributed by atoms with Gasteiger partial charge in [0.15, 0.2) is 0 Å². The van der Waals surface area contributed by atoms with E-state index in [1.54, 1.807) is 29.5 Å². The Morgan fingerprint density at radius 3 is 2.77 bits per heavy atom. The van der Waals surface area contributed by atoms with E-state index < -0.39 is 0 Å². The van der Waals surface area contributed by atoms with Crippen LogP contribution in [0.25, 0.3) is 22.2 Å². The molecule has 0 spiro atoms. The lowest BCUT2D eigenvalue weighted by atomic mass is 10.1. The van der Waals surface area contributed by atoms with Crippen LogP contribution in [0, 0.1) is 17.9 Å². The van der Waals surface area contributed by atoms with E-state index in [1.165, 1.54) is 0 Å². The predicted octanol–water partition coefficient (Wildman–Crippen LogP) is 4.10. The standard InChI is InChI=1S/C25H25N5O/c1-18(2)13-22(26)17-31-23-7-8-24-21(14-23)16-29-30(24)12-9-19-5-4-11-28-25(19)20-6-3-10-27-15-20/h3-8,10-11,14-16,18,22H,13,17,26H2,1-2H3. The number of hydrogen-bond donors (Lipinski definition) is 1. The number of fused-ring (bicyclic) bond motifs is 1. The Bertz CT molecular complexity index is 1220. The molecule has 0 aliphatic heterocycles. The van der Waals surface area contributed by atoms with E-state index in [4.69, 9.17) is 10.5 Å². The predicted molar refractivity (Wildman–Crippen MR) is 122 cm³/mol. The first-order chi connectivity index (χ1) is 15.1. The van der Waals surface area contributed by atoms with Crippen molar-refractivity contribution in [1.29, 1.82) is 0 Å². The van der Waals surface area contributed by atoms with Crippen LogP contribution >= 0.6 is 0 Å². The van der Waals surface area contributed by atoms with Crippen molar-refractivity contribution in [2.24, 2.45) is 11.7 Å². The molecule has 0 aliphatic carbocycles. The second-order valence-corrected chi connectivity index (χ2v) is 7.86. The maximum Gasteiger partial charge on any atom is 0.120 e. The monoisotopic (exact) mass is 411 g/mol. The van der Waals surface area contributed by atoms with Crippen LogP contribution in [-0.2, 0) is 0 Å². The van der Waals surface area contributed by atoms with Gasteiger partial charge in [0.1, 0.15) is 12.4 Å². The average molecular weight is 412 g/mol. The van der Waals surface area contributed by atoms with E-state index in [0.717, 1.165) is 39.9 Å². The van der Waals surface area contributed by atoms with E-state index >= 15 is 0 Å². The highest BCUT2D eigenvalue weighted by Crippen LogP contribution is 2.22. The number of rotatable bonds is 6. The average Bonchev–Trinajstić information content (AvgIpc) is 3.19. The molecule has 156 valence electrons. The molecule has 3 aromatic heterocycles. The zero-order chi connectivity index (χ0) is 21.6. The smallest absolute Gasteiger partial charge is 0.120 e. The van der Waals surface area contributed by atoms with Gasteiger partial charge in [0.05, 0.1) is 23.0 Å². The number of aromatic nitrogens is 4. The SMILES string of the molecule is CC(C)CC(N)COc1ccc2c(cnn2C#Cc2cccnc2-c2cccnc2)c1. The molecule has 6 heteroatoms. The molecule has 1 unspecified atom stereocenters. The second kappa shape index (κ2) is 9.41. The maximum absolute atomic E-state index is 6.12. The summed E-state index contributed by atoms with van der Waals surface area (Å²) >= 11 is 0. The fourth-order valence-corrected chi connectivity index (χ4v) is 3.42. The Hall–Kier alpha value is -3.69. The number of benzene rings is 1. The lowest BCUT2D eigenvalue weighted by molar-refractivity contribution is 0.271. The molecule has 1 aromatic carbocycles. The zero-order valence-electron chi connectivity index (χ0n) is 17.7. The largest absolute Gasteiger partial charge is 0.492 e. The fraction of sp³-hybridized carbons (Fsp3) is 0.240. The minimum Gasteiger partial charge on any atom is -0.492 e. The van der Waals surface area contributed by atoms with Crippen molar-refractivity contribution in [3.8, 4) is 29.0 Å². The molecule has 0 saturated carbocycles. The quantitative estimate of drug-likeness (QED) is 0.483. The summed E-state index contributed by atoms with van der Waals surface area (Å²) in [7, 11) is 0. The zero-order valence-corrected chi connectivity index (χ0v) is 17.7. The Morgan fingerprint density at radius 2 is 1.97 bits per heavy atom. The molecule has 0 saturated heterocycles. The Balaban J connectivity index is 1.55. The van der Waals surface area contributed by atoms with E-state index in [-0.39, 0.29) is 6.04 Å². The van der Waals surface area contributed by atoms with Crippen molar-refractivity contribution >= 4 is 10.9 Å². The minimum absolute atomic E-state index is 0.0257. The van der Waals surface area contributed by atoms with Crippen molar-refractivity contribution in [1.82, 2.24) is 19.7 Å². The van der Waals surface area contributed by atoms with Crippen LogP contribution in [0.1, 0.15) is 25.8 Å². The van der Waals surface area contributed by atoms with Crippen LogP contribution in [-0.4, -0.2) is 32.4 Å². The van der Waals surface area contributed by atoms with Crippen LogP contribution in [0.4, 0.5) is 0 Å². The molecule has 4 aromatic rings. The molecule has 3 heterocycles. The molecule has 31 heavy (non-hydrogen) atoms. The van der Waals surface area contributed by atoms with Gasteiger partial charge in [-0.15, -0.1) is 0 Å². The summed E-state index contributed by atoms with van der Waals surface area (Å²) < 4.78 is 7.54. The lowest BCUT2D eigenvalue weighted by Gasteiger charge is -2.15. The molecular weight excluding hydrogens is 386 g/mol. The molecule has 0 aliphatic rings. The summed E-state index contributed by atoms with van der Waals surface area (Å²) in [6, 6.07) is 16.7. The Kier molecular flexibility index (Phi) is 6.25. The first-order valence-corrected chi connectivity index (χ1v) is 10.3. The molecule has 1 atom stereocenters. The molecule has 6 nitrogen and oxygen atoms in total.